The van der Waals surface area contributed by atoms with E-state index in [0.29, 0.717) is 0 Å². The topological polar surface area (TPSA) is 49.3 Å². The molecule has 0 amide bonds. The van der Waals surface area contributed by atoms with E-state index in [4.69, 9.17) is 5.11 Å². The minimum atomic E-state index is -1.04. The maximum atomic E-state index is 12.7. The lowest BCUT2D eigenvalue weighted by atomic mass is 10.1. The molecule has 15 heavy (non-hydrogen) atoms. The molecule has 0 aliphatic carbocycles. The van der Waals surface area contributed by atoms with Crippen LogP contribution in [0.25, 0.3) is 0 Å². The van der Waals surface area contributed by atoms with Gasteiger partial charge in [-0.3, -0.25) is 4.79 Å². The number of aliphatic hydroxyl groups excluding tert-OH is 1. The normalized spacial score (nSPS) is 10.3. The van der Waals surface area contributed by atoms with Gasteiger partial charge in [0.05, 0.1) is 13.2 Å². The Bertz CT molecular complexity index is 355. The van der Waals surface area contributed by atoms with Gasteiger partial charge in [0, 0.05) is 12.1 Å². The van der Waals surface area contributed by atoms with Gasteiger partial charge in [-0.2, -0.15) is 0 Å². The van der Waals surface area contributed by atoms with Crippen LogP contribution in [0.15, 0.2) is 18.2 Å². The van der Waals surface area contributed by atoms with E-state index in [1.54, 1.807) is 0 Å². The maximum Gasteiger partial charge on any atom is 0.176 e. The molecule has 82 valence electrons. The summed E-state index contributed by atoms with van der Waals surface area (Å²) < 4.78 is 25.3. The van der Waals surface area contributed by atoms with Crippen LogP contribution in [0.2, 0.25) is 0 Å². The fraction of sp³-hybridized carbons (Fsp3) is 0.300. The fourth-order valence-electron chi connectivity index (χ4n) is 1.05. The molecule has 0 radical (unpaired) electrons. The lowest BCUT2D eigenvalue weighted by molar-refractivity contribution is 0.0989. The van der Waals surface area contributed by atoms with Gasteiger partial charge in [-0.05, 0) is 18.2 Å². The second kappa shape index (κ2) is 5.53. The molecule has 0 aliphatic rings. The Hall–Kier alpha value is -1.33. The number of carbonyl (C=O) groups is 1. The van der Waals surface area contributed by atoms with Gasteiger partial charge < -0.3 is 10.4 Å². The third-order valence-electron chi connectivity index (χ3n) is 1.82. The highest BCUT2D eigenvalue weighted by Crippen LogP contribution is 2.08. The van der Waals surface area contributed by atoms with Crippen molar-refractivity contribution in [3.8, 4) is 0 Å². The smallest absolute Gasteiger partial charge is 0.176 e. The van der Waals surface area contributed by atoms with Crippen LogP contribution < -0.4 is 5.32 Å². The van der Waals surface area contributed by atoms with Gasteiger partial charge >= 0.3 is 0 Å². The summed E-state index contributed by atoms with van der Waals surface area (Å²) >= 11 is 0. The van der Waals surface area contributed by atoms with Crippen LogP contribution in [0, 0.1) is 11.6 Å². The van der Waals surface area contributed by atoms with Gasteiger partial charge in [-0.15, -0.1) is 0 Å². The van der Waals surface area contributed by atoms with Gasteiger partial charge in [0.2, 0.25) is 0 Å². The minimum absolute atomic E-state index is 0.00830. The van der Waals surface area contributed by atoms with Crippen molar-refractivity contribution in [2.45, 2.75) is 0 Å². The predicted octanol–water partition coefficient (Wildman–Crippen LogP) is 0.729. The summed E-state index contributed by atoms with van der Waals surface area (Å²) in [6.07, 6.45) is 0. The number of carbonyl (C=O) groups excluding carboxylic acids is 1. The monoisotopic (exact) mass is 215 g/mol. The number of hydrogen-bond donors (Lipinski definition) is 2. The van der Waals surface area contributed by atoms with Crippen molar-refractivity contribution in [2.24, 2.45) is 0 Å². The zero-order valence-corrected chi connectivity index (χ0v) is 7.96. The summed E-state index contributed by atoms with van der Waals surface area (Å²) in [5.41, 5.74) is 0.110. The molecule has 2 N–H and O–H groups in total. The standard InChI is InChI=1S/C10H11F2NO2/c11-8-2-1-7(5-9(8)12)10(15)6-13-3-4-14/h1-2,5,13-14H,3-4,6H2. The third-order valence-corrected chi connectivity index (χ3v) is 1.82. The zero-order valence-electron chi connectivity index (χ0n) is 7.96. The summed E-state index contributed by atoms with van der Waals surface area (Å²) in [4.78, 5) is 11.3. The average Bonchev–Trinajstić information content (AvgIpc) is 2.22. The van der Waals surface area contributed by atoms with E-state index in [2.05, 4.69) is 5.32 Å². The molecular weight excluding hydrogens is 204 g/mol. The Kier molecular flexibility index (Phi) is 4.33. The molecule has 0 unspecified atom stereocenters. The van der Waals surface area contributed by atoms with Crippen molar-refractivity contribution in [2.75, 3.05) is 19.7 Å². The summed E-state index contributed by atoms with van der Waals surface area (Å²) in [6, 6.07) is 2.99. The van der Waals surface area contributed by atoms with Gasteiger partial charge in [0.25, 0.3) is 0 Å². The Morgan fingerprint density at radius 2 is 2.07 bits per heavy atom. The lowest BCUT2D eigenvalue weighted by Gasteiger charge is -2.02. The summed E-state index contributed by atoms with van der Waals surface area (Å²) in [5, 5.41) is 11.1. The average molecular weight is 215 g/mol. The highest BCUT2D eigenvalue weighted by molar-refractivity contribution is 5.97. The van der Waals surface area contributed by atoms with Crippen LogP contribution in [0.1, 0.15) is 10.4 Å². The van der Waals surface area contributed by atoms with E-state index in [-0.39, 0.29) is 31.0 Å². The lowest BCUT2D eigenvalue weighted by Crippen LogP contribution is -2.25. The largest absolute Gasteiger partial charge is 0.395 e. The van der Waals surface area contributed by atoms with E-state index in [1.807, 2.05) is 0 Å². The molecule has 0 saturated carbocycles. The molecule has 0 saturated heterocycles. The quantitative estimate of drug-likeness (QED) is 0.562. The molecule has 1 aromatic carbocycles. The molecule has 0 aliphatic heterocycles. The number of Topliss-reactive ketones (excluding diaryl/α,β-unsaturated/α-hetero) is 1. The van der Waals surface area contributed by atoms with Crippen LogP contribution >= 0.6 is 0 Å². The Morgan fingerprint density at radius 3 is 2.67 bits per heavy atom. The van der Waals surface area contributed by atoms with Gasteiger partial charge in [-0.25, -0.2) is 8.78 Å². The van der Waals surface area contributed by atoms with E-state index in [1.165, 1.54) is 6.07 Å². The summed E-state index contributed by atoms with van der Waals surface area (Å²) in [6.45, 7) is 0.201. The highest BCUT2D eigenvalue weighted by atomic mass is 19.2. The second-order valence-corrected chi connectivity index (χ2v) is 2.95. The van der Waals surface area contributed by atoms with Crippen LogP contribution in [0.5, 0.6) is 0 Å². The van der Waals surface area contributed by atoms with Crippen molar-refractivity contribution >= 4 is 5.78 Å². The van der Waals surface area contributed by atoms with Gasteiger partial charge in [0.1, 0.15) is 0 Å². The number of ketones is 1. The van der Waals surface area contributed by atoms with E-state index >= 15 is 0 Å². The Labute approximate surface area is 85.7 Å². The number of hydrogen-bond acceptors (Lipinski definition) is 3. The second-order valence-electron chi connectivity index (χ2n) is 2.95. The van der Waals surface area contributed by atoms with Crippen LogP contribution in [0.3, 0.4) is 0 Å². The molecule has 0 atom stereocenters. The zero-order chi connectivity index (χ0) is 11.3. The minimum Gasteiger partial charge on any atom is -0.395 e. The summed E-state index contributed by atoms with van der Waals surface area (Å²) in [5.74, 6) is -2.36. The molecule has 0 bridgehead atoms. The highest BCUT2D eigenvalue weighted by Gasteiger charge is 2.08. The van der Waals surface area contributed by atoms with Crippen molar-refractivity contribution in [3.05, 3.63) is 35.4 Å². The van der Waals surface area contributed by atoms with Gasteiger partial charge in [0.15, 0.2) is 17.4 Å². The first kappa shape index (κ1) is 11.7. The van der Waals surface area contributed by atoms with Crippen LogP contribution in [0.4, 0.5) is 8.78 Å². The molecule has 0 aromatic heterocycles. The van der Waals surface area contributed by atoms with Crippen LogP contribution in [-0.2, 0) is 0 Å². The first-order valence-corrected chi connectivity index (χ1v) is 4.45. The predicted molar refractivity (Wildman–Crippen MR) is 50.6 cm³/mol. The first-order chi connectivity index (χ1) is 7.15. The number of halogens is 2. The van der Waals surface area contributed by atoms with Crippen molar-refractivity contribution < 1.29 is 18.7 Å². The van der Waals surface area contributed by atoms with E-state index in [9.17, 15) is 13.6 Å². The van der Waals surface area contributed by atoms with Crippen molar-refractivity contribution in [3.63, 3.8) is 0 Å². The Balaban J connectivity index is 2.62. The Morgan fingerprint density at radius 1 is 1.33 bits per heavy atom. The molecule has 0 spiro atoms. The van der Waals surface area contributed by atoms with Crippen LogP contribution in [-0.4, -0.2) is 30.6 Å². The van der Waals surface area contributed by atoms with Gasteiger partial charge in [-0.1, -0.05) is 0 Å². The summed E-state index contributed by atoms with van der Waals surface area (Å²) in [7, 11) is 0. The molecule has 0 heterocycles. The maximum absolute atomic E-state index is 12.7. The molecule has 1 aromatic rings. The molecule has 0 fully saturated rings. The molecule has 5 heteroatoms. The molecule has 1 rings (SSSR count). The number of rotatable bonds is 5. The third kappa shape index (κ3) is 3.38. The van der Waals surface area contributed by atoms with E-state index < -0.39 is 11.6 Å². The molecular formula is C10H11F2NO2. The SMILES string of the molecule is O=C(CNCCO)c1ccc(F)c(F)c1. The number of nitrogens with one attached hydrogen (secondary N) is 1. The number of aliphatic hydroxyl groups is 1. The van der Waals surface area contributed by atoms with Crippen molar-refractivity contribution in [1.29, 1.82) is 0 Å². The van der Waals surface area contributed by atoms with Crippen molar-refractivity contribution in [1.82, 2.24) is 5.32 Å². The number of benzene rings is 1. The first-order valence-electron chi connectivity index (χ1n) is 4.45. The van der Waals surface area contributed by atoms with E-state index in [0.717, 1.165) is 12.1 Å². The fourth-order valence-corrected chi connectivity index (χ4v) is 1.05. The molecule has 3 nitrogen and oxygen atoms in total.